The maximum atomic E-state index is 13.3. The van der Waals surface area contributed by atoms with Crippen molar-refractivity contribution in [3.63, 3.8) is 0 Å². The van der Waals surface area contributed by atoms with Crippen LogP contribution in [0.15, 0.2) is 34.8 Å². The quantitative estimate of drug-likeness (QED) is 0.825. The van der Waals surface area contributed by atoms with E-state index in [1.165, 1.54) is 19.2 Å². The molecule has 1 N–H and O–H groups in total. The Labute approximate surface area is 142 Å². The molecule has 0 saturated heterocycles. The fraction of sp³-hybridized carbons (Fsp3) is 0.235. The number of nitrogens with one attached hydrogen (secondary N) is 1. The minimum atomic E-state index is -0.406. The molecule has 2 aromatic carbocycles. The van der Waals surface area contributed by atoms with Gasteiger partial charge in [-0.15, -0.1) is 0 Å². The lowest BCUT2D eigenvalue weighted by Crippen LogP contribution is -2.13. The molecular weight excluding hydrogens is 365 g/mol. The molecule has 4 nitrogen and oxygen atoms in total. The summed E-state index contributed by atoms with van der Waals surface area (Å²) < 4.78 is 24.7. The molecule has 0 unspecified atom stereocenters. The molecule has 6 heteroatoms. The predicted molar refractivity (Wildman–Crippen MR) is 91.0 cm³/mol. The second kappa shape index (κ2) is 7.46. The van der Waals surface area contributed by atoms with Crippen molar-refractivity contribution in [3.8, 4) is 11.5 Å². The normalized spacial score (nSPS) is 10.3. The summed E-state index contributed by atoms with van der Waals surface area (Å²) in [5.41, 5.74) is 1.59. The molecule has 0 spiro atoms. The van der Waals surface area contributed by atoms with Crippen LogP contribution in [-0.4, -0.2) is 19.6 Å². The van der Waals surface area contributed by atoms with E-state index in [1.807, 2.05) is 6.92 Å². The Bertz CT molecular complexity index is 734. The predicted octanol–water partition coefficient (Wildman–Crippen LogP) is 4.56. The third-order valence-electron chi connectivity index (χ3n) is 3.22. The summed E-state index contributed by atoms with van der Waals surface area (Å²) >= 11 is 3.36. The maximum absolute atomic E-state index is 13.3. The number of benzene rings is 2. The van der Waals surface area contributed by atoms with Gasteiger partial charge in [0.15, 0.2) is 11.5 Å². The van der Waals surface area contributed by atoms with Gasteiger partial charge < -0.3 is 14.8 Å². The monoisotopic (exact) mass is 381 g/mol. The van der Waals surface area contributed by atoms with Gasteiger partial charge in [-0.25, -0.2) is 4.39 Å². The maximum Gasteiger partial charge on any atom is 0.255 e. The van der Waals surface area contributed by atoms with Crippen molar-refractivity contribution in [1.29, 1.82) is 0 Å². The first-order valence-corrected chi connectivity index (χ1v) is 7.83. The van der Waals surface area contributed by atoms with Gasteiger partial charge in [0.1, 0.15) is 5.82 Å². The molecule has 0 aliphatic heterocycles. The average Bonchev–Trinajstić information content (AvgIpc) is 2.51. The molecule has 0 bridgehead atoms. The Morgan fingerprint density at radius 2 is 2.04 bits per heavy atom. The molecule has 23 heavy (non-hydrogen) atoms. The fourth-order valence-electron chi connectivity index (χ4n) is 2.08. The van der Waals surface area contributed by atoms with Crippen molar-refractivity contribution in [1.82, 2.24) is 0 Å². The van der Waals surface area contributed by atoms with Gasteiger partial charge in [-0.2, -0.15) is 0 Å². The summed E-state index contributed by atoms with van der Waals surface area (Å²) in [6.45, 7) is 4.08. The highest BCUT2D eigenvalue weighted by atomic mass is 79.9. The van der Waals surface area contributed by atoms with E-state index in [0.717, 1.165) is 5.56 Å². The minimum absolute atomic E-state index is 0.358. The number of amides is 1. The summed E-state index contributed by atoms with van der Waals surface area (Å²) in [5.74, 6) is 0.218. The highest BCUT2D eigenvalue weighted by molar-refractivity contribution is 9.10. The first-order chi connectivity index (χ1) is 11.0. The minimum Gasteiger partial charge on any atom is -0.492 e. The van der Waals surface area contributed by atoms with E-state index in [0.29, 0.717) is 33.8 Å². The van der Waals surface area contributed by atoms with Gasteiger partial charge in [-0.05, 0) is 59.6 Å². The SMILES string of the molecule is CCOc1cc(C(=O)Nc2cc(F)ccc2C)cc(Br)c1OC. The Balaban J connectivity index is 2.34. The van der Waals surface area contributed by atoms with Gasteiger partial charge in [0.2, 0.25) is 0 Å². The molecule has 2 rings (SSSR count). The molecule has 122 valence electrons. The molecule has 0 fully saturated rings. The van der Waals surface area contributed by atoms with E-state index in [4.69, 9.17) is 9.47 Å². The Morgan fingerprint density at radius 3 is 2.70 bits per heavy atom. The van der Waals surface area contributed by atoms with Crippen LogP contribution in [-0.2, 0) is 0 Å². The highest BCUT2D eigenvalue weighted by Crippen LogP contribution is 2.36. The third-order valence-corrected chi connectivity index (χ3v) is 3.81. The Morgan fingerprint density at radius 1 is 1.30 bits per heavy atom. The zero-order valence-corrected chi connectivity index (χ0v) is 14.7. The smallest absolute Gasteiger partial charge is 0.255 e. The van der Waals surface area contributed by atoms with Crippen molar-refractivity contribution in [3.05, 3.63) is 51.7 Å². The number of hydrogen-bond acceptors (Lipinski definition) is 3. The third kappa shape index (κ3) is 4.01. The molecule has 0 aliphatic rings. The summed E-state index contributed by atoms with van der Waals surface area (Å²) in [6, 6.07) is 7.47. The Hall–Kier alpha value is -2.08. The van der Waals surface area contributed by atoms with Crippen molar-refractivity contribution in [2.24, 2.45) is 0 Å². The molecule has 0 atom stereocenters. The molecule has 0 radical (unpaired) electrons. The zero-order chi connectivity index (χ0) is 17.0. The number of hydrogen-bond donors (Lipinski definition) is 1. The number of aryl methyl sites for hydroxylation is 1. The van der Waals surface area contributed by atoms with Crippen LogP contribution in [0.5, 0.6) is 11.5 Å². The average molecular weight is 382 g/mol. The van der Waals surface area contributed by atoms with Crippen LogP contribution in [0.1, 0.15) is 22.8 Å². The van der Waals surface area contributed by atoms with Crippen LogP contribution in [0, 0.1) is 12.7 Å². The van der Waals surface area contributed by atoms with Crippen LogP contribution in [0.25, 0.3) is 0 Å². The molecule has 0 heterocycles. The first kappa shape index (κ1) is 17.3. The summed E-state index contributed by atoms with van der Waals surface area (Å²) in [5, 5.41) is 2.71. The molecule has 0 aliphatic carbocycles. The van der Waals surface area contributed by atoms with Gasteiger partial charge in [0.25, 0.3) is 5.91 Å². The van der Waals surface area contributed by atoms with E-state index >= 15 is 0 Å². The highest BCUT2D eigenvalue weighted by Gasteiger charge is 2.16. The lowest BCUT2D eigenvalue weighted by atomic mass is 10.1. The standard InChI is InChI=1S/C17H17BrFNO3/c1-4-23-15-8-11(7-13(18)16(15)22-3)17(21)20-14-9-12(19)6-5-10(14)2/h5-9H,4H2,1-3H3,(H,20,21). The van der Waals surface area contributed by atoms with Gasteiger partial charge in [-0.3, -0.25) is 4.79 Å². The Kier molecular flexibility index (Phi) is 5.60. The van der Waals surface area contributed by atoms with Crippen LogP contribution >= 0.6 is 15.9 Å². The molecule has 1 amide bonds. The lowest BCUT2D eigenvalue weighted by Gasteiger charge is -2.14. The van der Waals surface area contributed by atoms with Gasteiger partial charge in [0.05, 0.1) is 18.2 Å². The largest absolute Gasteiger partial charge is 0.492 e. The second-order valence-corrected chi connectivity index (χ2v) is 5.69. The molecule has 0 saturated carbocycles. The van der Waals surface area contributed by atoms with E-state index in [1.54, 1.807) is 25.1 Å². The van der Waals surface area contributed by atoms with Crippen LogP contribution in [0.2, 0.25) is 0 Å². The van der Waals surface area contributed by atoms with Crippen LogP contribution < -0.4 is 14.8 Å². The molecule has 2 aromatic rings. The van der Waals surface area contributed by atoms with Crippen molar-refractivity contribution < 1.29 is 18.7 Å². The van der Waals surface area contributed by atoms with Crippen molar-refractivity contribution >= 4 is 27.5 Å². The van der Waals surface area contributed by atoms with Gasteiger partial charge in [-0.1, -0.05) is 6.07 Å². The number of methoxy groups -OCH3 is 1. The summed E-state index contributed by atoms with van der Waals surface area (Å²) in [7, 11) is 1.53. The van der Waals surface area contributed by atoms with Crippen LogP contribution in [0.4, 0.5) is 10.1 Å². The molecular formula is C17H17BrFNO3. The van der Waals surface area contributed by atoms with Gasteiger partial charge >= 0.3 is 0 Å². The van der Waals surface area contributed by atoms with Crippen LogP contribution in [0.3, 0.4) is 0 Å². The molecule has 0 aromatic heterocycles. The lowest BCUT2D eigenvalue weighted by molar-refractivity contribution is 0.102. The van der Waals surface area contributed by atoms with E-state index in [-0.39, 0.29) is 5.91 Å². The number of anilines is 1. The number of carbonyl (C=O) groups is 1. The number of rotatable bonds is 5. The number of carbonyl (C=O) groups excluding carboxylic acids is 1. The van der Waals surface area contributed by atoms with E-state index < -0.39 is 5.82 Å². The number of ether oxygens (including phenoxy) is 2. The topological polar surface area (TPSA) is 47.6 Å². The van der Waals surface area contributed by atoms with Crippen molar-refractivity contribution in [2.75, 3.05) is 19.0 Å². The van der Waals surface area contributed by atoms with E-state index in [9.17, 15) is 9.18 Å². The first-order valence-electron chi connectivity index (χ1n) is 7.04. The number of halogens is 2. The van der Waals surface area contributed by atoms with E-state index in [2.05, 4.69) is 21.2 Å². The van der Waals surface area contributed by atoms with Crippen molar-refractivity contribution in [2.45, 2.75) is 13.8 Å². The van der Waals surface area contributed by atoms with Gasteiger partial charge in [0, 0.05) is 11.3 Å². The zero-order valence-electron chi connectivity index (χ0n) is 13.1. The second-order valence-electron chi connectivity index (χ2n) is 4.84. The summed E-state index contributed by atoms with van der Waals surface area (Å²) in [6.07, 6.45) is 0. The fourth-order valence-corrected chi connectivity index (χ4v) is 2.69. The summed E-state index contributed by atoms with van der Waals surface area (Å²) in [4.78, 5) is 12.4.